The quantitative estimate of drug-likeness (QED) is 0.176. The van der Waals surface area contributed by atoms with Crippen molar-refractivity contribution in [2.45, 2.75) is 44.9 Å². The summed E-state index contributed by atoms with van der Waals surface area (Å²) in [7, 11) is 1.34. The maximum absolute atomic E-state index is 12.9. The molecule has 0 radical (unpaired) electrons. The predicted molar refractivity (Wildman–Crippen MR) is 155 cm³/mol. The second-order valence-corrected chi connectivity index (χ2v) is 10.7. The summed E-state index contributed by atoms with van der Waals surface area (Å²) in [5.74, 6) is 1.47. The van der Waals surface area contributed by atoms with Crippen LogP contribution in [-0.2, 0) is 10.2 Å². The number of esters is 2. The molecular formula is C35H34O5. The monoisotopic (exact) mass is 534 g/mol. The summed E-state index contributed by atoms with van der Waals surface area (Å²) in [4.78, 5) is 24.4. The molecule has 40 heavy (non-hydrogen) atoms. The molecular weight excluding hydrogens is 500 g/mol. The van der Waals surface area contributed by atoms with Crippen LogP contribution >= 0.6 is 0 Å². The van der Waals surface area contributed by atoms with Crippen molar-refractivity contribution < 1.29 is 23.8 Å². The highest BCUT2D eigenvalue weighted by molar-refractivity contribution is 5.91. The molecule has 1 saturated carbocycles. The Hall–Kier alpha value is -4.38. The lowest BCUT2D eigenvalue weighted by atomic mass is 9.62. The van der Waals surface area contributed by atoms with Gasteiger partial charge in [0.25, 0.3) is 0 Å². The number of carbonyl (C=O) groups excluding carboxylic acids is 2. The van der Waals surface area contributed by atoms with Gasteiger partial charge in [-0.25, -0.2) is 9.59 Å². The second-order valence-electron chi connectivity index (χ2n) is 10.7. The second kappa shape index (κ2) is 11.8. The molecule has 0 spiro atoms. The van der Waals surface area contributed by atoms with E-state index in [4.69, 9.17) is 14.2 Å². The minimum absolute atomic E-state index is 0.0244. The van der Waals surface area contributed by atoms with Gasteiger partial charge in [0, 0.05) is 5.41 Å². The minimum atomic E-state index is -0.429. The van der Waals surface area contributed by atoms with Crippen molar-refractivity contribution in [1.82, 2.24) is 0 Å². The van der Waals surface area contributed by atoms with Crippen molar-refractivity contribution in [2.24, 2.45) is 5.92 Å². The van der Waals surface area contributed by atoms with E-state index < -0.39 is 11.9 Å². The third-order valence-electron chi connectivity index (χ3n) is 7.82. The van der Waals surface area contributed by atoms with E-state index in [1.54, 1.807) is 48.5 Å². The van der Waals surface area contributed by atoms with Crippen molar-refractivity contribution in [2.75, 3.05) is 7.11 Å². The maximum atomic E-state index is 12.9. The number of hydrogen-bond acceptors (Lipinski definition) is 5. The van der Waals surface area contributed by atoms with Gasteiger partial charge in [-0.15, -0.1) is 0 Å². The topological polar surface area (TPSA) is 61.8 Å². The van der Waals surface area contributed by atoms with Crippen molar-refractivity contribution in [3.8, 4) is 17.2 Å². The zero-order chi connectivity index (χ0) is 28.1. The Morgan fingerprint density at radius 2 is 1.20 bits per heavy atom. The lowest BCUT2D eigenvalue weighted by Crippen LogP contribution is -2.33. The van der Waals surface area contributed by atoms with E-state index in [9.17, 15) is 9.59 Å². The number of rotatable bonds is 7. The summed E-state index contributed by atoms with van der Waals surface area (Å²) in [5, 5.41) is 0. The normalized spacial score (nSPS) is 18.5. The van der Waals surface area contributed by atoms with Gasteiger partial charge in [-0.05, 0) is 97.5 Å². The summed E-state index contributed by atoms with van der Waals surface area (Å²) < 4.78 is 16.2. The summed E-state index contributed by atoms with van der Waals surface area (Å²) >= 11 is 0. The molecule has 5 heteroatoms. The van der Waals surface area contributed by atoms with Gasteiger partial charge in [0.1, 0.15) is 17.2 Å². The molecule has 1 aliphatic rings. The van der Waals surface area contributed by atoms with E-state index in [0.29, 0.717) is 34.3 Å². The first-order valence-electron chi connectivity index (χ1n) is 13.7. The van der Waals surface area contributed by atoms with Gasteiger partial charge in [0.2, 0.25) is 0 Å². The van der Waals surface area contributed by atoms with Gasteiger partial charge in [-0.3, -0.25) is 0 Å². The van der Waals surface area contributed by atoms with Crippen LogP contribution in [0.25, 0.3) is 0 Å². The molecule has 0 aromatic heterocycles. The molecule has 2 unspecified atom stereocenters. The van der Waals surface area contributed by atoms with Crippen molar-refractivity contribution in [3.05, 3.63) is 125 Å². The van der Waals surface area contributed by atoms with Crippen LogP contribution < -0.4 is 9.47 Å². The zero-order valence-electron chi connectivity index (χ0n) is 23.2. The fraction of sp³-hybridized carbons (Fsp3) is 0.257. The van der Waals surface area contributed by atoms with Gasteiger partial charge in [0.15, 0.2) is 0 Å². The van der Waals surface area contributed by atoms with Gasteiger partial charge in [-0.2, -0.15) is 0 Å². The molecule has 2 atom stereocenters. The molecule has 0 saturated heterocycles. The summed E-state index contributed by atoms with van der Waals surface area (Å²) in [5.41, 5.74) is 4.73. The molecule has 0 heterocycles. The van der Waals surface area contributed by atoms with Gasteiger partial charge in [0.05, 0.1) is 18.2 Å². The average molecular weight is 535 g/mol. The molecule has 4 aromatic rings. The van der Waals surface area contributed by atoms with Crippen molar-refractivity contribution >= 4 is 11.9 Å². The van der Waals surface area contributed by atoms with E-state index in [-0.39, 0.29) is 5.41 Å². The van der Waals surface area contributed by atoms with Crippen molar-refractivity contribution in [3.63, 3.8) is 0 Å². The third kappa shape index (κ3) is 5.94. The molecule has 0 N–H and O–H groups in total. The van der Waals surface area contributed by atoms with E-state index in [2.05, 4.69) is 50.2 Å². The SMILES string of the molecule is COC(=O)c1ccc(Oc2ccc(C(=O)Oc3ccc(C4(c5ccc(C)cc5)CCCC(C)C4)cc3)cc2)cc1. The Morgan fingerprint density at radius 3 is 1.73 bits per heavy atom. The highest BCUT2D eigenvalue weighted by Gasteiger charge is 2.38. The summed E-state index contributed by atoms with van der Waals surface area (Å²) in [6.45, 7) is 4.46. The molecule has 1 fully saturated rings. The van der Waals surface area contributed by atoms with Crippen LogP contribution in [-0.4, -0.2) is 19.0 Å². The molecule has 0 amide bonds. The lowest BCUT2D eigenvalue weighted by molar-refractivity contribution is 0.0600. The first-order valence-corrected chi connectivity index (χ1v) is 13.7. The zero-order valence-corrected chi connectivity index (χ0v) is 23.2. The summed E-state index contributed by atoms with van der Waals surface area (Å²) in [6, 6.07) is 30.4. The van der Waals surface area contributed by atoms with Gasteiger partial charge in [-0.1, -0.05) is 61.7 Å². The molecule has 4 aromatic carbocycles. The largest absolute Gasteiger partial charge is 0.465 e. The Kier molecular flexibility index (Phi) is 8.01. The molecule has 5 nitrogen and oxygen atoms in total. The van der Waals surface area contributed by atoms with E-state index in [0.717, 1.165) is 12.8 Å². The molecule has 5 rings (SSSR count). The minimum Gasteiger partial charge on any atom is -0.465 e. The average Bonchev–Trinajstić information content (AvgIpc) is 2.98. The molecule has 1 aliphatic carbocycles. The Morgan fingerprint density at radius 1 is 0.700 bits per heavy atom. The number of hydrogen-bond donors (Lipinski definition) is 0. The van der Waals surface area contributed by atoms with Crippen LogP contribution in [0.2, 0.25) is 0 Å². The van der Waals surface area contributed by atoms with E-state index in [1.807, 2.05) is 12.1 Å². The smallest absolute Gasteiger partial charge is 0.343 e. The van der Waals surface area contributed by atoms with Crippen LogP contribution in [0, 0.1) is 12.8 Å². The van der Waals surface area contributed by atoms with Crippen LogP contribution in [0.5, 0.6) is 17.2 Å². The predicted octanol–water partition coefficient (Wildman–Crippen LogP) is 8.29. The van der Waals surface area contributed by atoms with Crippen LogP contribution in [0.4, 0.5) is 0 Å². The molecule has 0 bridgehead atoms. The number of carbonyl (C=O) groups is 2. The van der Waals surface area contributed by atoms with E-state index >= 15 is 0 Å². The third-order valence-corrected chi connectivity index (χ3v) is 7.82. The Bertz CT molecular complexity index is 1450. The Labute approximate surface area is 235 Å². The standard InChI is InChI=1S/C35H34O5/c1-24-6-12-28(13-7-24)35(22-4-5-25(2)23-35)29-14-20-32(21-15-29)40-34(37)27-10-18-31(19-11-27)39-30-16-8-26(9-17-30)33(36)38-3/h6-21,25H,4-5,22-23H2,1-3H3. The number of benzene rings is 4. The van der Waals surface area contributed by atoms with Crippen LogP contribution in [0.1, 0.15) is 70.0 Å². The number of ether oxygens (including phenoxy) is 3. The highest BCUT2D eigenvalue weighted by atomic mass is 16.5. The molecule has 0 aliphatic heterocycles. The first-order chi connectivity index (χ1) is 19.4. The molecule has 204 valence electrons. The van der Waals surface area contributed by atoms with Crippen LogP contribution in [0.15, 0.2) is 97.1 Å². The highest BCUT2D eigenvalue weighted by Crippen LogP contribution is 2.47. The summed E-state index contributed by atoms with van der Waals surface area (Å²) in [6.07, 6.45) is 4.68. The van der Waals surface area contributed by atoms with Crippen molar-refractivity contribution in [1.29, 1.82) is 0 Å². The van der Waals surface area contributed by atoms with Gasteiger partial charge >= 0.3 is 11.9 Å². The first kappa shape index (κ1) is 27.2. The van der Waals surface area contributed by atoms with E-state index in [1.165, 1.54) is 36.6 Å². The van der Waals surface area contributed by atoms with Crippen LogP contribution in [0.3, 0.4) is 0 Å². The maximum Gasteiger partial charge on any atom is 0.343 e. The number of methoxy groups -OCH3 is 1. The fourth-order valence-corrected chi connectivity index (χ4v) is 5.69. The lowest BCUT2D eigenvalue weighted by Gasteiger charge is -2.41. The Balaban J connectivity index is 1.26. The van der Waals surface area contributed by atoms with Gasteiger partial charge < -0.3 is 14.2 Å². The number of aryl methyl sites for hydroxylation is 1. The fourth-order valence-electron chi connectivity index (χ4n) is 5.69.